The molecular formula is C19H31N3O2. The zero-order valence-corrected chi connectivity index (χ0v) is 15.6. The lowest BCUT2D eigenvalue weighted by Crippen LogP contribution is -2.59. The van der Waals surface area contributed by atoms with Crippen LogP contribution in [0.4, 0.5) is 5.69 Å². The molecule has 0 saturated carbocycles. The number of methoxy groups -OCH3 is 1. The fourth-order valence-electron chi connectivity index (χ4n) is 4.07. The van der Waals surface area contributed by atoms with Gasteiger partial charge >= 0.3 is 0 Å². The number of rotatable bonds is 6. The fraction of sp³-hybridized carbons (Fsp3) is 0.632. The molecule has 2 atom stereocenters. The summed E-state index contributed by atoms with van der Waals surface area (Å²) in [6.07, 6.45) is 3.77. The number of hydrogen-bond acceptors (Lipinski definition) is 4. The number of amides is 1. The van der Waals surface area contributed by atoms with Crippen molar-refractivity contribution in [2.45, 2.75) is 70.9 Å². The number of nitrogens with zero attached hydrogens (tertiary/aromatic N) is 1. The average Bonchev–Trinajstić information content (AvgIpc) is 2.55. The van der Waals surface area contributed by atoms with Crippen LogP contribution in [0.2, 0.25) is 0 Å². The summed E-state index contributed by atoms with van der Waals surface area (Å²) in [5.41, 5.74) is 4.48. The zero-order valence-electron chi connectivity index (χ0n) is 15.6. The minimum absolute atomic E-state index is 0.136. The van der Waals surface area contributed by atoms with E-state index in [2.05, 4.69) is 44.1 Å². The normalized spacial score (nSPS) is 20.2. The molecule has 0 fully saturated rings. The Morgan fingerprint density at radius 3 is 2.79 bits per heavy atom. The van der Waals surface area contributed by atoms with Crippen molar-refractivity contribution in [3.63, 3.8) is 0 Å². The number of hydrazine groups is 1. The molecule has 0 radical (unpaired) electrons. The maximum absolute atomic E-state index is 12.6. The number of hydrogen-bond donors (Lipinski definition) is 2. The molecule has 3 N–H and O–H groups in total. The molecule has 0 spiro atoms. The third-order valence-electron chi connectivity index (χ3n) is 5.07. The number of nitrogens with two attached hydrogens (primary N) is 1. The van der Waals surface area contributed by atoms with Gasteiger partial charge in [0.2, 0.25) is 0 Å². The highest BCUT2D eigenvalue weighted by atomic mass is 16.5. The van der Waals surface area contributed by atoms with Crippen LogP contribution in [-0.4, -0.2) is 24.6 Å². The molecule has 0 unspecified atom stereocenters. The molecule has 1 amide bonds. The fourth-order valence-corrected chi connectivity index (χ4v) is 4.07. The quantitative estimate of drug-likeness (QED) is 0.476. The second-order valence-electron chi connectivity index (χ2n) is 7.35. The van der Waals surface area contributed by atoms with Crippen LogP contribution in [-0.2, 0) is 4.79 Å². The first-order valence-corrected chi connectivity index (χ1v) is 8.84. The lowest BCUT2D eigenvalue weighted by Gasteiger charge is -2.51. The van der Waals surface area contributed by atoms with Crippen molar-refractivity contribution in [2.24, 2.45) is 5.84 Å². The van der Waals surface area contributed by atoms with Gasteiger partial charge in [0, 0.05) is 5.54 Å². The summed E-state index contributed by atoms with van der Waals surface area (Å²) in [5.74, 6) is 6.59. The van der Waals surface area contributed by atoms with Gasteiger partial charge in [-0.1, -0.05) is 38.8 Å². The van der Waals surface area contributed by atoms with Gasteiger partial charge in [-0.25, -0.2) is 5.84 Å². The highest BCUT2D eigenvalue weighted by molar-refractivity contribution is 5.87. The van der Waals surface area contributed by atoms with E-state index in [4.69, 9.17) is 10.6 Å². The van der Waals surface area contributed by atoms with Crippen molar-refractivity contribution in [3.8, 4) is 5.75 Å². The molecule has 1 heterocycles. The van der Waals surface area contributed by atoms with Gasteiger partial charge < -0.3 is 9.64 Å². The molecule has 2 rings (SSSR count). The van der Waals surface area contributed by atoms with E-state index in [0.29, 0.717) is 5.92 Å². The zero-order chi connectivity index (χ0) is 17.9. The van der Waals surface area contributed by atoms with E-state index in [1.807, 2.05) is 12.1 Å². The molecule has 0 saturated heterocycles. The summed E-state index contributed by atoms with van der Waals surface area (Å²) in [6, 6.07) is 5.83. The van der Waals surface area contributed by atoms with Crippen LogP contribution in [0.15, 0.2) is 18.2 Å². The molecule has 134 valence electrons. The molecule has 1 aromatic rings. The number of ether oxygens (including phenoxy) is 1. The van der Waals surface area contributed by atoms with Crippen LogP contribution in [0.3, 0.4) is 0 Å². The maximum Gasteiger partial charge on any atom is 0.256 e. The predicted octanol–water partition coefficient (Wildman–Crippen LogP) is 3.34. The smallest absolute Gasteiger partial charge is 0.256 e. The van der Waals surface area contributed by atoms with E-state index in [0.717, 1.165) is 37.1 Å². The summed E-state index contributed by atoms with van der Waals surface area (Å²) < 4.78 is 5.65. The topological polar surface area (TPSA) is 67.6 Å². The van der Waals surface area contributed by atoms with E-state index in [1.54, 1.807) is 7.11 Å². The number of anilines is 1. The molecule has 1 aliphatic rings. The highest BCUT2D eigenvalue weighted by Gasteiger charge is 2.43. The number of fused-ring (bicyclic) bond motifs is 1. The molecule has 24 heavy (non-hydrogen) atoms. The van der Waals surface area contributed by atoms with E-state index in [9.17, 15) is 4.79 Å². The second-order valence-corrected chi connectivity index (χ2v) is 7.35. The Bertz CT molecular complexity index is 586. The largest absolute Gasteiger partial charge is 0.495 e. The third kappa shape index (κ3) is 3.36. The first-order valence-electron chi connectivity index (χ1n) is 8.84. The van der Waals surface area contributed by atoms with Crippen molar-refractivity contribution >= 4 is 11.6 Å². The lowest BCUT2D eigenvalue weighted by molar-refractivity contribution is -0.123. The van der Waals surface area contributed by atoms with Crippen LogP contribution in [0.25, 0.3) is 0 Å². The van der Waals surface area contributed by atoms with Crippen LogP contribution in [0.5, 0.6) is 5.75 Å². The van der Waals surface area contributed by atoms with Gasteiger partial charge in [-0.15, -0.1) is 0 Å². The Labute approximate surface area is 145 Å². The van der Waals surface area contributed by atoms with Crippen molar-refractivity contribution in [2.75, 3.05) is 12.0 Å². The minimum atomic E-state index is -0.299. The number of benzene rings is 1. The SMILES string of the molecule is CCCC[C@@H](C(=O)NN)N1c2c(OC)cccc2[C@@H](C)CC1(C)C. The molecular weight excluding hydrogens is 302 g/mol. The van der Waals surface area contributed by atoms with Crippen LogP contribution in [0.1, 0.15) is 64.9 Å². The van der Waals surface area contributed by atoms with Crippen molar-refractivity contribution in [1.29, 1.82) is 0 Å². The molecule has 5 heteroatoms. The Hall–Kier alpha value is -1.75. The Kier molecular flexibility index (Phi) is 5.75. The van der Waals surface area contributed by atoms with E-state index < -0.39 is 0 Å². The van der Waals surface area contributed by atoms with Crippen LogP contribution >= 0.6 is 0 Å². The van der Waals surface area contributed by atoms with Gasteiger partial charge in [0.05, 0.1) is 12.8 Å². The van der Waals surface area contributed by atoms with E-state index in [-0.39, 0.29) is 17.5 Å². The van der Waals surface area contributed by atoms with Crippen LogP contribution < -0.4 is 20.9 Å². The Balaban J connectivity index is 2.60. The average molecular weight is 333 g/mol. The predicted molar refractivity (Wildman–Crippen MR) is 98.2 cm³/mol. The van der Waals surface area contributed by atoms with E-state index >= 15 is 0 Å². The summed E-state index contributed by atoms with van der Waals surface area (Å²) >= 11 is 0. The van der Waals surface area contributed by atoms with Crippen LogP contribution in [0, 0.1) is 0 Å². The first kappa shape index (κ1) is 18.6. The van der Waals surface area contributed by atoms with Gasteiger partial charge in [-0.3, -0.25) is 10.2 Å². The highest BCUT2D eigenvalue weighted by Crippen LogP contribution is 2.49. The number of para-hydroxylation sites is 1. The second kappa shape index (κ2) is 7.43. The third-order valence-corrected chi connectivity index (χ3v) is 5.07. The molecule has 0 aromatic heterocycles. The van der Waals surface area contributed by atoms with Crippen molar-refractivity contribution in [3.05, 3.63) is 23.8 Å². The maximum atomic E-state index is 12.6. The Morgan fingerprint density at radius 1 is 1.50 bits per heavy atom. The molecule has 0 aliphatic carbocycles. The van der Waals surface area contributed by atoms with Gasteiger partial charge in [-0.2, -0.15) is 0 Å². The molecule has 1 aromatic carbocycles. The standard InChI is InChI=1S/C19H31N3O2/c1-6-7-10-15(18(23)21-20)22-17-14(9-8-11-16(17)24-5)13(2)12-19(22,3)4/h8-9,11,13,15H,6-7,10,12,20H2,1-5H3,(H,21,23)/t13-,15-/m0/s1. The summed E-state index contributed by atoms with van der Waals surface area (Å²) in [6.45, 7) is 8.76. The number of carbonyl (C=O) groups excluding carboxylic acids is 1. The van der Waals surface area contributed by atoms with E-state index in [1.165, 1.54) is 5.56 Å². The molecule has 1 aliphatic heterocycles. The molecule has 0 bridgehead atoms. The van der Waals surface area contributed by atoms with Gasteiger partial charge in [-0.05, 0) is 44.2 Å². The lowest BCUT2D eigenvalue weighted by atomic mass is 9.78. The number of unbranched alkanes of at least 4 members (excludes halogenated alkanes) is 1. The van der Waals surface area contributed by atoms with Crippen molar-refractivity contribution in [1.82, 2.24) is 5.43 Å². The summed E-state index contributed by atoms with van der Waals surface area (Å²) in [5, 5.41) is 0. The monoisotopic (exact) mass is 333 g/mol. The Morgan fingerprint density at radius 2 is 2.21 bits per heavy atom. The molecule has 5 nitrogen and oxygen atoms in total. The first-order chi connectivity index (χ1) is 11.4. The summed E-state index contributed by atoms with van der Waals surface area (Å²) in [7, 11) is 1.68. The minimum Gasteiger partial charge on any atom is -0.495 e. The van der Waals surface area contributed by atoms with Gasteiger partial charge in [0.25, 0.3) is 5.91 Å². The van der Waals surface area contributed by atoms with Gasteiger partial charge in [0.15, 0.2) is 0 Å². The van der Waals surface area contributed by atoms with Crippen molar-refractivity contribution < 1.29 is 9.53 Å². The van der Waals surface area contributed by atoms with Gasteiger partial charge in [0.1, 0.15) is 11.8 Å². The number of carbonyl (C=O) groups is 1. The summed E-state index contributed by atoms with van der Waals surface area (Å²) in [4.78, 5) is 14.8. The number of nitrogens with one attached hydrogen (secondary N) is 1.